The van der Waals surface area contributed by atoms with Crippen molar-refractivity contribution in [2.45, 2.75) is 25.3 Å². The van der Waals surface area contributed by atoms with Gasteiger partial charge in [-0.25, -0.2) is 0 Å². The van der Waals surface area contributed by atoms with Crippen molar-refractivity contribution in [2.24, 2.45) is 11.8 Å². The lowest BCUT2D eigenvalue weighted by molar-refractivity contribution is -0.122. The SMILES string of the molecule is COc1ccc(OCCC(=O)NNC(=S)N[C@@H]2C[C@@H]3C=C[C@@H]2C3)cc1. The molecule has 0 aliphatic heterocycles. The van der Waals surface area contributed by atoms with E-state index in [0.717, 1.165) is 12.2 Å². The summed E-state index contributed by atoms with van der Waals surface area (Å²) in [5.41, 5.74) is 5.35. The van der Waals surface area contributed by atoms with Crippen LogP contribution in [-0.2, 0) is 4.79 Å². The van der Waals surface area contributed by atoms with Gasteiger partial charge in [0.25, 0.3) is 0 Å². The maximum absolute atomic E-state index is 11.8. The summed E-state index contributed by atoms with van der Waals surface area (Å²) < 4.78 is 10.6. The monoisotopic (exact) mass is 361 g/mol. The number of thiocarbonyl (C=S) groups is 1. The summed E-state index contributed by atoms with van der Waals surface area (Å²) in [7, 11) is 1.61. The van der Waals surface area contributed by atoms with E-state index in [-0.39, 0.29) is 18.9 Å². The summed E-state index contributed by atoms with van der Waals surface area (Å²) in [5.74, 6) is 2.52. The Morgan fingerprint density at radius 2 is 1.92 bits per heavy atom. The molecule has 3 rings (SSSR count). The van der Waals surface area contributed by atoms with Crippen LogP contribution in [0.4, 0.5) is 0 Å². The van der Waals surface area contributed by atoms with Crippen LogP contribution in [-0.4, -0.2) is 30.8 Å². The van der Waals surface area contributed by atoms with Gasteiger partial charge in [0.05, 0.1) is 20.1 Å². The number of hydrogen-bond acceptors (Lipinski definition) is 4. The summed E-state index contributed by atoms with van der Waals surface area (Å²) in [5, 5.41) is 3.72. The third kappa shape index (κ3) is 4.85. The Bertz CT molecular complexity index is 647. The van der Waals surface area contributed by atoms with E-state index in [2.05, 4.69) is 28.3 Å². The predicted octanol–water partition coefficient (Wildman–Crippen LogP) is 1.92. The minimum absolute atomic E-state index is 0.175. The Morgan fingerprint density at radius 1 is 1.16 bits per heavy atom. The molecule has 0 heterocycles. The van der Waals surface area contributed by atoms with Crippen LogP contribution in [0.1, 0.15) is 19.3 Å². The second kappa shape index (κ2) is 8.20. The number of ether oxygens (including phenoxy) is 2. The molecule has 0 saturated heterocycles. The number of carbonyl (C=O) groups excluding carboxylic acids is 1. The number of allylic oxidation sites excluding steroid dienone is 1. The second-order valence-electron chi connectivity index (χ2n) is 6.31. The molecule has 1 saturated carbocycles. The molecule has 0 aromatic heterocycles. The Labute approximate surface area is 152 Å². The molecule has 7 heteroatoms. The molecule has 2 bridgehead atoms. The fourth-order valence-electron chi connectivity index (χ4n) is 3.27. The molecular formula is C18H23N3O3S. The van der Waals surface area contributed by atoms with E-state index in [1.54, 1.807) is 19.2 Å². The van der Waals surface area contributed by atoms with E-state index >= 15 is 0 Å². The van der Waals surface area contributed by atoms with Crippen LogP contribution in [0.5, 0.6) is 11.5 Å². The number of fused-ring (bicyclic) bond motifs is 2. The normalized spacial score (nSPS) is 23.2. The molecule has 1 aromatic rings. The van der Waals surface area contributed by atoms with Crippen molar-refractivity contribution in [1.29, 1.82) is 0 Å². The third-order valence-electron chi connectivity index (χ3n) is 4.57. The van der Waals surface area contributed by atoms with Crippen LogP contribution in [0.3, 0.4) is 0 Å². The molecule has 0 radical (unpaired) electrons. The van der Waals surface area contributed by atoms with E-state index in [1.165, 1.54) is 6.42 Å². The van der Waals surface area contributed by atoms with Crippen LogP contribution in [0, 0.1) is 11.8 Å². The number of nitrogens with one attached hydrogen (secondary N) is 3. The Balaban J connectivity index is 1.29. The molecule has 134 valence electrons. The zero-order valence-corrected chi connectivity index (χ0v) is 15.0. The van der Waals surface area contributed by atoms with E-state index < -0.39 is 0 Å². The van der Waals surface area contributed by atoms with Crippen molar-refractivity contribution in [3.63, 3.8) is 0 Å². The average molecular weight is 361 g/mol. The maximum atomic E-state index is 11.8. The number of rotatable bonds is 6. The summed E-state index contributed by atoms with van der Waals surface area (Å²) in [6.07, 6.45) is 7.08. The largest absolute Gasteiger partial charge is 0.497 e. The first-order chi connectivity index (χ1) is 12.1. The molecule has 1 amide bonds. The van der Waals surface area contributed by atoms with Gasteiger partial charge in [0.1, 0.15) is 11.5 Å². The number of carbonyl (C=O) groups is 1. The van der Waals surface area contributed by atoms with Crippen molar-refractivity contribution in [1.82, 2.24) is 16.2 Å². The molecule has 0 spiro atoms. The lowest BCUT2D eigenvalue weighted by Gasteiger charge is -2.22. The van der Waals surface area contributed by atoms with E-state index in [4.69, 9.17) is 21.7 Å². The number of benzene rings is 1. The molecular weight excluding hydrogens is 338 g/mol. The van der Waals surface area contributed by atoms with Gasteiger partial charge in [0, 0.05) is 6.04 Å². The third-order valence-corrected chi connectivity index (χ3v) is 4.79. The van der Waals surface area contributed by atoms with Crippen molar-refractivity contribution >= 4 is 23.2 Å². The standard InChI is InChI=1S/C18H23N3O3S/c1-23-14-4-6-15(7-5-14)24-9-8-17(22)20-21-18(25)19-16-11-12-2-3-13(16)10-12/h2-7,12-13,16H,8-11H2,1H3,(H,20,22)(H2,19,21,25)/t12-,13-,16-/m1/s1. The first-order valence-corrected chi connectivity index (χ1v) is 8.85. The van der Waals surface area contributed by atoms with E-state index in [9.17, 15) is 4.79 Å². The van der Waals surface area contributed by atoms with Crippen molar-refractivity contribution in [3.05, 3.63) is 36.4 Å². The number of hydrazine groups is 1. The van der Waals surface area contributed by atoms with Crippen molar-refractivity contribution < 1.29 is 14.3 Å². The van der Waals surface area contributed by atoms with Gasteiger partial charge in [-0.3, -0.25) is 15.6 Å². The Kier molecular flexibility index (Phi) is 5.75. The van der Waals surface area contributed by atoms with Crippen molar-refractivity contribution in [2.75, 3.05) is 13.7 Å². The number of hydrogen-bond donors (Lipinski definition) is 3. The lowest BCUT2D eigenvalue weighted by Crippen LogP contribution is -2.50. The van der Waals surface area contributed by atoms with Gasteiger partial charge < -0.3 is 14.8 Å². The Hall–Kier alpha value is -2.28. The highest BCUT2D eigenvalue weighted by atomic mass is 32.1. The van der Waals surface area contributed by atoms with Gasteiger partial charge in [-0.05, 0) is 61.2 Å². The summed E-state index contributed by atoms with van der Waals surface area (Å²) in [4.78, 5) is 11.8. The van der Waals surface area contributed by atoms with Gasteiger partial charge in [-0.15, -0.1) is 0 Å². The summed E-state index contributed by atoms with van der Waals surface area (Å²) >= 11 is 5.23. The van der Waals surface area contributed by atoms with E-state index in [1.807, 2.05) is 12.1 Å². The molecule has 3 atom stereocenters. The molecule has 0 unspecified atom stereocenters. The van der Waals surface area contributed by atoms with Crippen molar-refractivity contribution in [3.8, 4) is 11.5 Å². The van der Waals surface area contributed by atoms with E-state index in [0.29, 0.717) is 28.7 Å². The fourth-order valence-corrected chi connectivity index (χ4v) is 3.48. The quantitative estimate of drug-likeness (QED) is 0.409. The lowest BCUT2D eigenvalue weighted by atomic mass is 10.0. The highest BCUT2D eigenvalue weighted by molar-refractivity contribution is 7.80. The molecule has 2 aliphatic carbocycles. The maximum Gasteiger partial charge on any atom is 0.241 e. The van der Waals surface area contributed by atoms with Gasteiger partial charge in [-0.1, -0.05) is 12.2 Å². The zero-order chi connectivity index (χ0) is 17.6. The average Bonchev–Trinajstić information content (AvgIpc) is 3.23. The van der Waals surface area contributed by atoms with Gasteiger partial charge in [0.2, 0.25) is 5.91 Å². The molecule has 6 nitrogen and oxygen atoms in total. The smallest absolute Gasteiger partial charge is 0.241 e. The Morgan fingerprint density at radius 3 is 2.56 bits per heavy atom. The first kappa shape index (κ1) is 17.5. The molecule has 3 N–H and O–H groups in total. The topological polar surface area (TPSA) is 71.6 Å². The molecule has 25 heavy (non-hydrogen) atoms. The zero-order valence-electron chi connectivity index (χ0n) is 14.2. The first-order valence-electron chi connectivity index (χ1n) is 8.44. The molecule has 2 aliphatic rings. The van der Waals surface area contributed by atoms with Gasteiger partial charge in [-0.2, -0.15) is 0 Å². The second-order valence-corrected chi connectivity index (χ2v) is 6.72. The number of methoxy groups -OCH3 is 1. The van der Waals surface area contributed by atoms with Crippen LogP contribution in [0.25, 0.3) is 0 Å². The highest BCUT2D eigenvalue weighted by Crippen LogP contribution is 2.38. The summed E-state index contributed by atoms with van der Waals surface area (Å²) in [6, 6.07) is 7.60. The van der Waals surface area contributed by atoms with Crippen LogP contribution in [0.2, 0.25) is 0 Å². The minimum Gasteiger partial charge on any atom is -0.497 e. The fraction of sp³-hybridized carbons (Fsp3) is 0.444. The molecule has 1 fully saturated rings. The summed E-state index contributed by atoms with van der Waals surface area (Å²) in [6.45, 7) is 0.289. The van der Waals surface area contributed by atoms with Crippen LogP contribution < -0.4 is 25.6 Å². The minimum atomic E-state index is -0.175. The number of amides is 1. The van der Waals surface area contributed by atoms with Gasteiger partial charge in [0.15, 0.2) is 5.11 Å². The van der Waals surface area contributed by atoms with Crippen LogP contribution in [0.15, 0.2) is 36.4 Å². The molecule has 1 aromatic carbocycles. The van der Waals surface area contributed by atoms with Gasteiger partial charge >= 0.3 is 0 Å². The predicted molar refractivity (Wildman–Crippen MR) is 99.3 cm³/mol. The highest BCUT2D eigenvalue weighted by Gasteiger charge is 2.35. The van der Waals surface area contributed by atoms with Crippen LogP contribution >= 0.6 is 12.2 Å².